The van der Waals surface area contributed by atoms with Crippen LogP contribution in [0.25, 0.3) is 72.3 Å². The van der Waals surface area contributed by atoms with Crippen molar-refractivity contribution in [3.8, 4) is 50.9 Å². The van der Waals surface area contributed by atoms with E-state index in [1.807, 2.05) is 121 Å². The summed E-state index contributed by atoms with van der Waals surface area (Å²) in [6.45, 7) is 19.0. The number of hydrogen-bond acceptors (Lipinski definition) is 2. The standard InChI is InChI=1S/C60H54N4O.Pt/c1-39(2)42-30-31-61-56(34-42)64-53-26-14-13-23-51(53)52-29-28-48(37-55(52)64)65-47-22-16-21-46(36-47)62-38-63(57-40(3)18-15-27-54(57)62)58-49(41-19-11-10-12-20-41)24-17-25-50(58)43-32-44(59(4,5)6)35-45(33-43)60(7,8)9;/h10-35,39H,1-9H3;/q-2;/i10D,11D,12D,19D,20D,39D;. The first kappa shape index (κ1) is 37.6. The van der Waals surface area contributed by atoms with E-state index in [-0.39, 0.29) is 49.5 Å². The minimum Gasteiger partial charge on any atom is -0.510 e. The number of imidazole rings is 1. The van der Waals surface area contributed by atoms with E-state index in [0.29, 0.717) is 34.3 Å². The summed E-state index contributed by atoms with van der Waals surface area (Å²) >= 11 is 0. The second-order valence-electron chi connectivity index (χ2n) is 19.1. The summed E-state index contributed by atoms with van der Waals surface area (Å²) in [5, 5.41) is 2.03. The molecular formula is C60H54N4OPt-2. The van der Waals surface area contributed by atoms with E-state index < -0.39 is 24.0 Å². The third kappa shape index (κ3) is 8.20. The molecule has 0 atom stereocenters. The van der Waals surface area contributed by atoms with Crippen molar-refractivity contribution in [2.45, 2.75) is 79.0 Å². The summed E-state index contributed by atoms with van der Waals surface area (Å²) in [5.41, 5.74) is 10.6. The van der Waals surface area contributed by atoms with Gasteiger partial charge in [-0.25, -0.2) is 4.98 Å². The van der Waals surface area contributed by atoms with E-state index in [2.05, 4.69) is 94.9 Å². The van der Waals surface area contributed by atoms with Crippen LogP contribution in [0, 0.1) is 25.4 Å². The van der Waals surface area contributed by atoms with Crippen LogP contribution in [0.5, 0.6) is 11.5 Å². The van der Waals surface area contributed by atoms with Gasteiger partial charge in [0.25, 0.3) is 6.33 Å². The second-order valence-corrected chi connectivity index (χ2v) is 19.1. The molecule has 0 unspecified atom stereocenters. The zero-order chi connectivity index (χ0) is 50.5. The zero-order valence-corrected chi connectivity index (χ0v) is 40.9. The van der Waals surface area contributed by atoms with Crippen molar-refractivity contribution in [2.24, 2.45) is 0 Å². The van der Waals surface area contributed by atoms with Gasteiger partial charge in [-0.2, -0.15) is 18.2 Å². The molecule has 0 N–H and O–H groups in total. The first-order valence-electron chi connectivity index (χ1n) is 25.1. The van der Waals surface area contributed by atoms with Crippen molar-refractivity contribution in [2.75, 3.05) is 0 Å². The molecule has 0 aliphatic carbocycles. The Labute approximate surface area is 412 Å². The van der Waals surface area contributed by atoms with Crippen LogP contribution in [0.15, 0.2) is 158 Å². The van der Waals surface area contributed by atoms with Crippen LogP contribution in [0.3, 0.4) is 0 Å². The molecule has 6 heteroatoms. The SMILES string of the molecule is [2H]c1c([2H])c([2H])c(-c2cccc(-c3cc(C(C)(C)C)cc(C(C)(C)C)c3)c2-[n+]2[c-]n(-c3[c-]c(Oc4[c-]c5c(cc4)c4ccccc4n5-c4cc(C([2H])(C)C)ccn4)ccc3)c3cccc(C)c32)c([2H])c1[2H].[Pt]. The first-order valence-corrected chi connectivity index (χ1v) is 22.1. The van der Waals surface area contributed by atoms with Crippen LogP contribution < -0.4 is 9.30 Å². The molecule has 0 radical (unpaired) electrons. The van der Waals surface area contributed by atoms with E-state index in [1.54, 1.807) is 6.20 Å². The Morgan fingerprint density at radius 3 is 2.08 bits per heavy atom. The Hall–Kier alpha value is -6.55. The molecule has 0 bridgehead atoms. The number of ether oxygens (including phenoxy) is 1. The molecule has 3 aromatic heterocycles. The van der Waals surface area contributed by atoms with Gasteiger partial charge in [-0.3, -0.25) is 4.57 Å². The summed E-state index contributed by atoms with van der Waals surface area (Å²) in [4.78, 5) is 4.76. The van der Waals surface area contributed by atoms with Crippen LogP contribution in [0.2, 0.25) is 0 Å². The molecule has 0 spiro atoms. The maximum atomic E-state index is 9.23. The fourth-order valence-electron chi connectivity index (χ4n) is 8.69. The topological polar surface area (TPSA) is 35.9 Å². The Morgan fingerprint density at radius 1 is 0.682 bits per heavy atom. The van der Waals surface area contributed by atoms with Gasteiger partial charge in [0.15, 0.2) is 0 Å². The molecule has 0 amide bonds. The van der Waals surface area contributed by atoms with Crippen molar-refractivity contribution in [3.63, 3.8) is 0 Å². The van der Waals surface area contributed by atoms with Gasteiger partial charge >= 0.3 is 0 Å². The number of para-hydroxylation sites is 3. The van der Waals surface area contributed by atoms with Crippen LogP contribution in [0.4, 0.5) is 0 Å². The monoisotopic (exact) mass is 1050 g/mol. The van der Waals surface area contributed by atoms with Crippen molar-refractivity contribution in [1.82, 2.24) is 14.1 Å². The normalized spacial score (nSPS) is 13.5. The van der Waals surface area contributed by atoms with Gasteiger partial charge in [0.1, 0.15) is 5.82 Å². The Kier molecular flexibility index (Phi) is 9.90. The van der Waals surface area contributed by atoms with Gasteiger partial charge in [-0.15, -0.1) is 29.7 Å². The number of rotatable bonds is 8. The fraction of sp³-hybridized carbons (Fsp3) is 0.200. The van der Waals surface area contributed by atoms with E-state index in [0.717, 1.165) is 66.2 Å². The molecule has 7 aromatic carbocycles. The third-order valence-corrected chi connectivity index (χ3v) is 12.2. The van der Waals surface area contributed by atoms with Gasteiger partial charge in [0.05, 0.1) is 23.6 Å². The molecule has 66 heavy (non-hydrogen) atoms. The molecule has 10 aromatic rings. The second kappa shape index (κ2) is 17.3. The van der Waals surface area contributed by atoms with E-state index in [9.17, 15) is 2.74 Å². The number of fused-ring (bicyclic) bond motifs is 4. The number of pyridine rings is 1. The van der Waals surface area contributed by atoms with E-state index in [1.165, 1.54) is 0 Å². The molecule has 332 valence electrons. The van der Waals surface area contributed by atoms with Gasteiger partial charge in [0, 0.05) is 45.6 Å². The molecular weight excluding hydrogens is 988 g/mol. The van der Waals surface area contributed by atoms with Crippen LogP contribution in [0.1, 0.15) is 91.8 Å². The van der Waals surface area contributed by atoms with Crippen LogP contribution in [-0.2, 0) is 31.9 Å². The quantitative estimate of drug-likeness (QED) is 0.112. The predicted molar refractivity (Wildman–Crippen MR) is 267 cm³/mol. The molecule has 0 saturated carbocycles. The van der Waals surface area contributed by atoms with Crippen molar-refractivity contribution >= 4 is 32.8 Å². The molecule has 0 saturated heterocycles. The third-order valence-electron chi connectivity index (χ3n) is 12.2. The van der Waals surface area contributed by atoms with Gasteiger partial charge in [-0.05, 0) is 97.4 Å². The molecule has 10 rings (SSSR count). The summed E-state index contributed by atoms with van der Waals surface area (Å²) in [6.07, 6.45) is 5.43. The maximum absolute atomic E-state index is 9.23. The van der Waals surface area contributed by atoms with Crippen LogP contribution >= 0.6 is 0 Å². The maximum Gasteiger partial charge on any atom is 0.268 e. The summed E-state index contributed by atoms with van der Waals surface area (Å²) < 4.78 is 65.7. The summed E-state index contributed by atoms with van der Waals surface area (Å²) in [7, 11) is 0. The first-order chi connectivity index (χ1) is 33.6. The average Bonchev–Trinajstić information content (AvgIpc) is 3.89. The minimum absolute atomic E-state index is 0. The van der Waals surface area contributed by atoms with Crippen molar-refractivity contribution in [1.29, 1.82) is 0 Å². The Bertz CT molecular complexity index is 3720. The summed E-state index contributed by atoms with van der Waals surface area (Å²) in [5.74, 6) is 0.783. The molecule has 0 aliphatic rings. The van der Waals surface area contributed by atoms with Gasteiger partial charge in [0.2, 0.25) is 0 Å². The fourth-order valence-corrected chi connectivity index (χ4v) is 8.69. The van der Waals surface area contributed by atoms with Gasteiger partial charge in [-0.1, -0.05) is 164 Å². The Morgan fingerprint density at radius 2 is 1.35 bits per heavy atom. The molecule has 0 aliphatic heterocycles. The molecule has 3 heterocycles. The number of aryl methyl sites for hydroxylation is 1. The number of hydrogen-bond donors (Lipinski definition) is 0. The Balaban J connectivity index is 0.00000640. The van der Waals surface area contributed by atoms with Crippen molar-refractivity contribution in [3.05, 3.63) is 198 Å². The minimum atomic E-state index is -0.819. The molecule has 0 fully saturated rings. The van der Waals surface area contributed by atoms with Crippen LogP contribution in [-0.4, -0.2) is 14.1 Å². The summed E-state index contributed by atoms with van der Waals surface area (Å²) in [6, 6.07) is 45.4. The van der Waals surface area contributed by atoms with E-state index in [4.69, 9.17) is 15.2 Å². The largest absolute Gasteiger partial charge is 0.510 e. The zero-order valence-electron chi connectivity index (χ0n) is 44.6. The van der Waals surface area contributed by atoms with Crippen molar-refractivity contribution < 1.29 is 38.6 Å². The number of aromatic nitrogens is 4. The number of nitrogens with zero attached hydrogens (tertiary/aromatic N) is 4. The number of benzene rings is 7. The van der Waals surface area contributed by atoms with E-state index >= 15 is 0 Å². The smallest absolute Gasteiger partial charge is 0.268 e. The van der Waals surface area contributed by atoms with Gasteiger partial charge < -0.3 is 13.9 Å². The average molecular weight is 1050 g/mol. The molecule has 5 nitrogen and oxygen atoms in total. The predicted octanol–water partition coefficient (Wildman–Crippen LogP) is 15.0.